The van der Waals surface area contributed by atoms with E-state index in [2.05, 4.69) is 48.3 Å². The highest BCUT2D eigenvalue weighted by Gasteiger charge is 2.12. The van der Waals surface area contributed by atoms with Crippen molar-refractivity contribution in [1.82, 2.24) is 9.97 Å². The highest BCUT2D eigenvalue weighted by atomic mass is 79.9. The number of carbonyl (C=O) groups is 2. The number of hydrogen-bond acceptors (Lipinski definition) is 5. The molecule has 30 heavy (non-hydrogen) atoms. The molecule has 0 saturated heterocycles. The number of aromatic carboxylic acids is 1. The lowest BCUT2D eigenvalue weighted by molar-refractivity contribution is 0.0697. The summed E-state index contributed by atoms with van der Waals surface area (Å²) < 4.78 is 26.1. The van der Waals surface area contributed by atoms with Gasteiger partial charge in [0.1, 0.15) is 11.6 Å². The number of H-pyrrole nitrogens is 2. The van der Waals surface area contributed by atoms with E-state index in [1.54, 1.807) is 0 Å². The Kier molecular flexibility index (Phi) is 8.67. The van der Waals surface area contributed by atoms with E-state index in [1.807, 2.05) is 4.98 Å². The van der Waals surface area contributed by atoms with E-state index in [1.165, 1.54) is 6.07 Å². The molecule has 3 rings (SSSR count). The summed E-state index contributed by atoms with van der Waals surface area (Å²) in [7, 11) is 0. The lowest BCUT2D eigenvalue weighted by atomic mass is 10.2. The van der Waals surface area contributed by atoms with Crippen LogP contribution in [0.15, 0.2) is 42.8 Å². The molecule has 0 saturated carbocycles. The number of carboxylic acids is 1. The standard InChI is InChI=1S/C8H4BrFN2O2.C7H5BrFNO2.CH4N2O/c9-5-2-3(10)1-4-6(5)11-8(14)12-7(4)13;8-5-2-3(9)1-4(6(5)10)7(11)12;2-1(3)4/h1-2H,(H2,11,12,13,14);1-2H,10H2,(H,11,12);(H4,2,3,4). The minimum Gasteiger partial charge on any atom is -0.478 e. The van der Waals surface area contributed by atoms with Gasteiger partial charge in [0.2, 0.25) is 0 Å². The molecule has 2 aromatic carbocycles. The summed E-state index contributed by atoms with van der Waals surface area (Å²) in [6.45, 7) is 0. The quantitative estimate of drug-likeness (QED) is 0.249. The summed E-state index contributed by atoms with van der Waals surface area (Å²) in [5, 5.41) is 8.65. The van der Waals surface area contributed by atoms with Gasteiger partial charge in [0.25, 0.3) is 5.56 Å². The van der Waals surface area contributed by atoms with Gasteiger partial charge in [-0.25, -0.2) is 23.2 Å². The fourth-order valence-electron chi connectivity index (χ4n) is 1.96. The molecule has 160 valence electrons. The van der Waals surface area contributed by atoms with Gasteiger partial charge in [-0.05, 0) is 56.1 Å². The third-order valence-corrected chi connectivity index (χ3v) is 4.37. The molecule has 2 amide bonds. The molecule has 0 atom stereocenters. The zero-order chi connectivity index (χ0) is 23.2. The first-order valence-corrected chi connectivity index (χ1v) is 9.06. The topological polar surface area (TPSA) is 198 Å². The first kappa shape index (κ1) is 24.8. The molecule has 0 unspecified atom stereocenters. The van der Waals surface area contributed by atoms with Crippen LogP contribution in [0.25, 0.3) is 10.9 Å². The maximum Gasteiger partial charge on any atom is 0.337 e. The van der Waals surface area contributed by atoms with Gasteiger partial charge in [-0.1, -0.05) is 0 Å². The fourth-order valence-corrected chi connectivity index (χ4v) is 2.92. The van der Waals surface area contributed by atoms with E-state index in [9.17, 15) is 23.2 Å². The number of aromatic amines is 2. The Morgan fingerprint density at radius 2 is 1.43 bits per heavy atom. The maximum atomic E-state index is 12.9. The largest absolute Gasteiger partial charge is 0.478 e. The van der Waals surface area contributed by atoms with Crippen LogP contribution in [0.3, 0.4) is 0 Å². The Balaban J connectivity index is 0.000000258. The van der Waals surface area contributed by atoms with Gasteiger partial charge in [-0.2, -0.15) is 0 Å². The molecule has 3 aromatic rings. The average Bonchev–Trinajstić information content (AvgIpc) is 2.59. The monoisotopic (exact) mass is 551 g/mol. The normalized spacial score (nSPS) is 9.73. The van der Waals surface area contributed by atoms with Crippen LogP contribution >= 0.6 is 31.9 Å². The zero-order valence-electron chi connectivity index (χ0n) is 14.6. The number of hydrogen-bond donors (Lipinski definition) is 6. The summed E-state index contributed by atoms with van der Waals surface area (Å²) in [4.78, 5) is 46.0. The van der Waals surface area contributed by atoms with Crippen LogP contribution in [-0.4, -0.2) is 27.1 Å². The van der Waals surface area contributed by atoms with Crippen LogP contribution in [-0.2, 0) is 0 Å². The minimum atomic E-state index is -1.24. The van der Waals surface area contributed by atoms with Gasteiger partial charge in [-0.3, -0.25) is 9.78 Å². The SMILES string of the molecule is NC(N)=O.Nc1c(Br)cc(F)cc1C(=O)O.O=c1[nH]c(=O)c2cc(F)cc(Br)c2[nH]1. The summed E-state index contributed by atoms with van der Waals surface area (Å²) in [5.74, 6) is -2.41. The highest BCUT2D eigenvalue weighted by molar-refractivity contribution is 9.11. The second-order valence-corrected chi connectivity index (χ2v) is 6.98. The predicted octanol–water partition coefficient (Wildman–Crippen LogP) is 2.01. The third kappa shape index (κ3) is 6.97. The summed E-state index contributed by atoms with van der Waals surface area (Å²) in [5.41, 5.74) is 12.7. The molecular formula is C16H13Br2F2N5O5. The van der Waals surface area contributed by atoms with E-state index in [4.69, 9.17) is 15.6 Å². The lowest BCUT2D eigenvalue weighted by Gasteiger charge is -2.02. The molecule has 0 aliphatic rings. The highest BCUT2D eigenvalue weighted by Crippen LogP contribution is 2.24. The van der Waals surface area contributed by atoms with Gasteiger partial charge in [-0.15, -0.1) is 0 Å². The molecule has 0 spiro atoms. The van der Waals surface area contributed by atoms with Gasteiger partial charge < -0.3 is 27.3 Å². The minimum absolute atomic E-state index is 0.0314. The Morgan fingerprint density at radius 1 is 0.933 bits per heavy atom. The number of primary amides is 2. The molecule has 1 heterocycles. The number of nitrogens with two attached hydrogens (primary N) is 3. The number of benzene rings is 2. The number of aromatic nitrogens is 2. The van der Waals surface area contributed by atoms with Crippen molar-refractivity contribution in [3.05, 3.63) is 71.2 Å². The smallest absolute Gasteiger partial charge is 0.337 e. The summed E-state index contributed by atoms with van der Waals surface area (Å²) >= 11 is 5.99. The van der Waals surface area contributed by atoms with Crippen LogP contribution in [0, 0.1) is 11.6 Å². The maximum absolute atomic E-state index is 12.9. The van der Waals surface area contributed by atoms with Crippen LogP contribution in [0.4, 0.5) is 19.3 Å². The van der Waals surface area contributed by atoms with E-state index in [0.717, 1.165) is 18.2 Å². The number of fused-ring (bicyclic) bond motifs is 1. The van der Waals surface area contributed by atoms with Crippen LogP contribution in [0.5, 0.6) is 0 Å². The number of carboxylic acid groups (broad SMARTS) is 1. The van der Waals surface area contributed by atoms with Crippen molar-refractivity contribution in [2.75, 3.05) is 5.73 Å². The van der Waals surface area contributed by atoms with Crippen molar-refractivity contribution in [2.45, 2.75) is 0 Å². The molecule has 0 aliphatic heterocycles. The molecule has 14 heteroatoms. The van der Waals surface area contributed by atoms with Crippen molar-refractivity contribution in [1.29, 1.82) is 0 Å². The number of carbonyl (C=O) groups excluding carboxylic acids is 1. The van der Waals surface area contributed by atoms with Gasteiger partial charge in [0.05, 0.1) is 22.2 Å². The molecular weight excluding hydrogens is 540 g/mol. The molecule has 1 aromatic heterocycles. The number of nitrogens with one attached hydrogen (secondary N) is 2. The van der Waals surface area contributed by atoms with Crippen molar-refractivity contribution >= 4 is 60.5 Å². The van der Waals surface area contributed by atoms with E-state index in [0.29, 0.717) is 9.99 Å². The second kappa shape index (κ2) is 10.5. The van der Waals surface area contributed by atoms with Crippen molar-refractivity contribution in [3.8, 4) is 0 Å². The van der Waals surface area contributed by atoms with E-state index >= 15 is 0 Å². The number of urea groups is 1. The summed E-state index contributed by atoms with van der Waals surface area (Å²) in [6.07, 6.45) is 0. The summed E-state index contributed by atoms with van der Waals surface area (Å²) in [6, 6.07) is 3.40. The van der Waals surface area contributed by atoms with Crippen LogP contribution in [0.2, 0.25) is 0 Å². The van der Waals surface area contributed by atoms with Crippen LogP contribution < -0.4 is 28.5 Å². The Hall–Kier alpha value is -3.26. The van der Waals surface area contributed by atoms with Gasteiger partial charge in [0, 0.05) is 8.95 Å². The van der Waals surface area contributed by atoms with Crippen LogP contribution in [0.1, 0.15) is 10.4 Å². The van der Waals surface area contributed by atoms with Crippen molar-refractivity contribution in [3.63, 3.8) is 0 Å². The molecule has 0 aliphatic carbocycles. The number of rotatable bonds is 1. The number of amides is 2. The number of anilines is 1. The number of nitrogen functional groups attached to an aromatic ring is 1. The van der Waals surface area contributed by atoms with E-state index < -0.39 is 34.9 Å². The molecule has 0 bridgehead atoms. The molecule has 0 radical (unpaired) electrons. The van der Waals surface area contributed by atoms with Gasteiger partial charge in [0.15, 0.2) is 0 Å². The predicted molar refractivity (Wildman–Crippen MR) is 112 cm³/mol. The first-order valence-electron chi connectivity index (χ1n) is 7.47. The fraction of sp³-hybridized carbons (Fsp3) is 0. The second-order valence-electron chi connectivity index (χ2n) is 5.27. The average molecular weight is 553 g/mol. The lowest BCUT2D eigenvalue weighted by Crippen LogP contribution is -2.22. The van der Waals surface area contributed by atoms with Gasteiger partial charge >= 0.3 is 17.7 Å². The molecule has 9 N–H and O–H groups in total. The molecule has 10 nitrogen and oxygen atoms in total. The third-order valence-electron chi connectivity index (χ3n) is 3.09. The first-order chi connectivity index (χ1) is 13.8. The zero-order valence-corrected chi connectivity index (χ0v) is 17.8. The number of halogens is 4. The Labute approximate surface area is 182 Å². The van der Waals surface area contributed by atoms with Crippen molar-refractivity contribution < 1.29 is 23.5 Å². The van der Waals surface area contributed by atoms with Crippen molar-refractivity contribution in [2.24, 2.45) is 11.5 Å². The Morgan fingerprint density at radius 3 is 1.97 bits per heavy atom. The Bertz CT molecular complexity index is 1230. The molecule has 0 fully saturated rings. The van der Waals surface area contributed by atoms with E-state index in [-0.39, 0.29) is 21.1 Å².